The summed E-state index contributed by atoms with van der Waals surface area (Å²) in [6.07, 6.45) is 4.83. The zero-order chi connectivity index (χ0) is 14.8. The van der Waals surface area contributed by atoms with Crippen molar-refractivity contribution in [3.63, 3.8) is 0 Å². The van der Waals surface area contributed by atoms with Crippen molar-refractivity contribution in [2.75, 3.05) is 31.1 Å². The van der Waals surface area contributed by atoms with Crippen LogP contribution in [-0.2, 0) is 4.79 Å². The standard InChI is InChI=1S/C15H21BrN4O/c16-11-4-5-14(18-10-11)19-6-8-20(9-7-19)15(21)12-2-1-3-13(12)17/h4-5,10,12-13H,1-3,6-9,17H2. The first-order valence-corrected chi connectivity index (χ1v) is 8.35. The minimum Gasteiger partial charge on any atom is -0.353 e. The van der Waals surface area contributed by atoms with Crippen LogP contribution in [0.25, 0.3) is 0 Å². The zero-order valence-electron chi connectivity index (χ0n) is 12.0. The highest BCUT2D eigenvalue weighted by atomic mass is 79.9. The highest BCUT2D eigenvalue weighted by Crippen LogP contribution is 2.26. The molecule has 0 spiro atoms. The average molecular weight is 353 g/mol. The lowest BCUT2D eigenvalue weighted by Gasteiger charge is -2.37. The molecule has 2 atom stereocenters. The van der Waals surface area contributed by atoms with Crippen molar-refractivity contribution in [2.45, 2.75) is 25.3 Å². The van der Waals surface area contributed by atoms with Crippen molar-refractivity contribution >= 4 is 27.7 Å². The summed E-state index contributed by atoms with van der Waals surface area (Å²) in [6.45, 7) is 3.20. The van der Waals surface area contributed by atoms with E-state index in [4.69, 9.17) is 5.73 Å². The molecule has 21 heavy (non-hydrogen) atoms. The van der Waals surface area contributed by atoms with Crippen LogP contribution in [0.4, 0.5) is 5.82 Å². The Morgan fingerprint density at radius 3 is 2.57 bits per heavy atom. The SMILES string of the molecule is NC1CCCC1C(=O)N1CCN(c2ccc(Br)cn2)CC1. The van der Waals surface area contributed by atoms with Crippen LogP contribution >= 0.6 is 15.9 Å². The van der Waals surface area contributed by atoms with E-state index < -0.39 is 0 Å². The summed E-state index contributed by atoms with van der Waals surface area (Å²) >= 11 is 3.40. The molecule has 0 aromatic carbocycles. The van der Waals surface area contributed by atoms with Gasteiger partial charge in [0.05, 0.1) is 5.92 Å². The van der Waals surface area contributed by atoms with Crippen LogP contribution in [0, 0.1) is 5.92 Å². The molecule has 2 aliphatic rings. The number of halogens is 1. The molecule has 2 fully saturated rings. The van der Waals surface area contributed by atoms with Crippen molar-refractivity contribution in [1.29, 1.82) is 0 Å². The number of piperazine rings is 1. The maximum atomic E-state index is 12.5. The molecule has 1 saturated carbocycles. The number of hydrogen-bond acceptors (Lipinski definition) is 4. The summed E-state index contributed by atoms with van der Waals surface area (Å²) in [7, 11) is 0. The van der Waals surface area contributed by atoms with Crippen molar-refractivity contribution in [1.82, 2.24) is 9.88 Å². The molecule has 1 amide bonds. The Morgan fingerprint density at radius 2 is 2.00 bits per heavy atom. The van der Waals surface area contributed by atoms with Crippen LogP contribution in [0.2, 0.25) is 0 Å². The summed E-state index contributed by atoms with van der Waals surface area (Å²) in [5.74, 6) is 1.27. The van der Waals surface area contributed by atoms with Gasteiger partial charge in [-0.15, -0.1) is 0 Å². The highest BCUT2D eigenvalue weighted by Gasteiger charge is 2.34. The Morgan fingerprint density at radius 1 is 1.24 bits per heavy atom. The number of nitrogens with zero attached hydrogens (tertiary/aromatic N) is 3. The summed E-state index contributed by atoms with van der Waals surface area (Å²) < 4.78 is 0.982. The van der Waals surface area contributed by atoms with E-state index in [0.29, 0.717) is 0 Å². The molecule has 1 aromatic heterocycles. The van der Waals surface area contributed by atoms with Gasteiger partial charge in [-0.25, -0.2) is 4.98 Å². The second kappa shape index (κ2) is 6.32. The maximum absolute atomic E-state index is 12.5. The molecule has 5 nitrogen and oxygen atoms in total. The van der Waals surface area contributed by atoms with Crippen molar-refractivity contribution in [3.05, 3.63) is 22.8 Å². The monoisotopic (exact) mass is 352 g/mol. The average Bonchev–Trinajstić information content (AvgIpc) is 2.94. The summed E-state index contributed by atoms with van der Waals surface area (Å²) in [4.78, 5) is 21.1. The van der Waals surface area contributed by atoms with Crippen molar-refractivity contribution in [3.8, 4) is 0 Å². The lowest BCUT2D eigenvalue weighted by atomic mass is 10.0. The van der Waals surface area contributed by atoms with Crippen LogP contribution in [-0.4, -0.2) is 48.0 Å². The third-order valence-corrected chi connectivity index (χ3v) is 4.98. The zero-order valence-corrected chi connectivity index (χ0v) is 13.6. The van der Waals surface area contributed by atoms with Crippen LogP contribution < -0.4 is 10.6 Å². The molecule has 2 heterocycles. The smallest absolute Gasteiger partial charge is 0.227 e. The highest BCUT2D eigenvalue weighted by molar-refractivity contribution is 9.10. The van der Waals surface area contributed by atoms with Crippen molar-refractivity contribution < 1.29 is 4.79 Å². The molecule has 114 valence electrons. The molecule has 0 radical (unpaired) electrons. The first-order chi connectivity index (χ1) is 10.1. The predicted octanol–water partition coefficient (Wildman–Crippen LogP) is 1.62. The van der Waals surface area contributed by atoms with Gasteiger partial charge in [0.2, 0.25) is 5.91 Å². The molecule has 1 aromatic rings. The third-order valence-electron chi connectivity index (χ3n) is 4.51. The fraction of sp³-hybridized carbons (Fsp3) is 0.600. The molecule has 1 saturated heterocycles. The van der Waals surface area contributed by atoms with Gasteiger partial charge in [-0.2, -0.15) is 0 Å². The van der Waals surface area contributed by atoms with E-state index >= 15 is 0 Å². The summed E-state index contributed by atoms with van der Waals surface area (Å²) in [5, 5.41) is 0. The van der Waals surface area contributed by atoms with Gasteiger partial charge in [0, 0.05) is 42.9 Å². The molecule has 2 unspecified atom stereocenters. The van der Waals surface area contributed by atoms with Gasteiger partial charge in [0.25, 0.3) is 0 Å². The minimum atomic E-state index is 0.0438. The van der Waals surface area contributed by atoms with Crippen LogP contribution in [0.5, 0.6) is 0 Å². The predicted molar refractivity (Wildman–Crippen MR) is 86.0 cm³/mol. The maximum Gasteiger partial charge on any atom is 0.227 e. The van der Waals surface area contributed by atoms with Gasteiger partial charge >= 0.3 is 0 Å². The number of carbonyl (C=O) groups is 1. The molecule has 1 aliphatic carbocycles. The van der Waals surface area contributed by atoms with E-state index in [0.717, 1.165) is 55.7 Å². The van der Waals surface area contributed by atoms with E-state index in [2.05, 4.69) is 25.8 Å². The normalized spacial score (nSPS) is 26.2. The Bertz CT molecular complexity index is 499. The van der Waals surface area contributed by atoms with Gasteiger partial charge in [-0.3, -0.25) is 4.79 Å². The van der Waals surface area contributed by atoms with E-state index in [-0.39, 0.29) is 17.9 Å². The fourth-order valence-electron chi connectivity index (χ4n) is 3.24. The Kier molecular flexibility index (Phi) is 4.45. The minimum absolute atomic E-state index is 0.0438. The van der Waals surface area contributed by atoms with Crippen LogP contribution in [0.3, 0.4) is 0 Å². The second-order valence-electron chi connectivity index (χ2n) is 5.85. The number of nitrogens with two attached hydrogens (primary N) is 1. The Hall–Kier alpha value is -1.14. The number of hydrogen-bond donors (Lipinski definition) is 1. The largest absolute Gasteiger partial charge is 0.353 e. The van der Waals surface area contributed by atoms with E-state index in [1.54, 1.807) is 0 Å². The summed E-state index contributed by atoms with van der Waals surface area (Å²) in [5.41, 5.74) is 6.05. The topological polar surface area (TPSA) is 62.5 Å². The number of aromatic nitrogens is 1. The first kappa shape index (κ1) is 14.8. The molecule has 2 N–H and O–H groups in total. The van der Waals surface area contributed by atoms with Gasteiger partial charge < -0.3 is 15.5 Å². The van der Waals surface area contributed by atoms with Gasteiger partial charge in [-0.1, -0.05) is 6.42 Å². The van der Waals surface area contributed by atoms with Gasteiger partial charge in [0.15, 0.2) is 0 Å². The van der Waals surface area contributed by atoms with E-state index in [1.807, 2.05) is 23.2 Å². The quantitative estimate of drug-likeness (QED) is 0.878. The third kappa shape index (κ3) is 3.21. The fourth-order valence-corrected chi connectivity index (χ4v) is 3.48. The lowest BCUT2D eigenvalue weighted by molar-refractivity contribution is -0.136. The lowest BCUT2D eigenvalue weighted by Crippen LogP contribution is -2.52. The van der Waals surface area contributed by atoms with Crippen molar-refractivity contribution in [2.24, 2.45) is 11.7 Å². The molecule has 1 aliphatic heterocycles. The number of anilines is 1. The molecule has 3 rings (SSSR count). The van der Waals surface area contributed by atoms with E-state index in [1.165, 1.54) is 0 Å². The van der Waals surface area contributed by atoms with Crippen LogP contribution in [0.1, 0.15) is 19.3 Å². The number of pyridine rings is 1. The molecule has 6 heteroatoms. The Balaban J connectivity index is 1.57. The molecular formula is C15H21BrN4O. The van der Waals surface area contributed by atoms with E-state index in [9.17, 15) is 4.79 Å². The molecular weight excluding hydrogens is 332 g/mol. The number of rotatable bonds is 2. The Labute approximate surface area is 133 Å². The molecule has 0 bridgehead atoms. The van der Waals surface area contributed by atoms with Gasteiger partial charge in [0.1, 0.15) is 5.82 Å². The number of carbonyl (C=O) groups excluding carboxylic acids is 1. The first-order valence-electron chi connectivity index (χ1n) is 7.56. The van der Waals surface area contributed by atoms with Crippen LogP contribution in [0.15, 0.2) is 22.8 Å². The number of amides is 1. The summed E-state index contributed by atoms with van der Waals surface area (Å²) in [6, 6.07) is 4.06. The van der Waals surface area contributed by atoms with Gasteiger partial charge in [-0.05, 0) is 40.9 Å². The second-order valence-corrected chi connectivity index (χ2v) is 6.76.